The van der Waals surface area contributed by atoms with Crippen LogP contribution in [0.25, 0.3) is 0 Å². The minimum absolute atomic E-state index is 0.499. The Bertz CT molecular complexity index is 400. The van der Waals surface area contributed by atoms with Crippen molar-refractivity contribution in [3.8, 4) is 0 Å². The van der Waals surface area contributed by atoms with Crippen LogP contribution in [0.2, 0.25) is 0 Å². The van der Waals surface area contributed by atoms with Crippen LogP contribution in [0, 0.1) is 11.3 Å². The third-order valence-corrected chi connectivity index (χ3v) is 6.01. The lowest BCUT2D eigenvalue weighted by molar-refractivity contribution is 0.415. The summed E-state index contributed by atoms with van der Waals surface area (Å²) in [5.74, 6) is 0.770. The summed E-state index contributed by atoms with van der Waals surface area (Å²) in [6.07, 6.45) is 2.51. The van der Waals surface area contributed by atoms with Crippen molar-refractivity contribution in [1.82, 2.24) is 5.32 Å². The highest BCUT2D eigenvalue weighted by Crippen LogP contribution is 2.59. The van der Waals surface area contributed by atoms with Gasteiger partial charge in [-0.1, -0.05) is 20.8 Å². The van der Waals surface area contributed by atoms with Crippen molar-refractivity contribution >= 4 is 43.2 Å². The van der Waals surface area contributed by atoms with E-state index in [1.165, 1.54) is 26.0 Å². The zero-order valence-corrected chi connectivity index (χ0v) is 14.5. The Hall–Kier alpha value is 0.620. The Labute approximate surface area is 125 Å². The van der Waals surface area contributed by atoms with E-state index >= 15 is 0 Å². The fraction of sp³-hybridized carbons (Fsp3) is 0.692. The van der Waals surface area contributed by atoms with Crippen LogP contribution in [-0.4, -0.2) is 6.54 Å². The highest BCUT2D eigenvalue weighted by molar-refractivity contribution is 9.12. The van der Waals surface area contributed by atoms with Gasteiger partial charge < -0.3 is 5.32 Å². The summed E-state index contributed by atoms with van der Waals surface area (Å²) in [6, 6.07) is 2.76. The van der Waals surface area contributed by atoms with Crippen molar-refractivity contribution in [1.29, 1.82) is 0 Å². The molecule has 2 atom stereocenters. The van der Waals surface area contributed by atoms with Gasteiger partial charge in [0.2, 0.25) is 0 Å². The van der Waals surface area contributed by atoms with Gasteiger partial charge in [0.05, 0.1) is 7.57 Å². The molecule has 1 N–H and O–H groups in total. The highest BCUT2D eigenvalue weighted by atomic mass is 79.9. The van der Waals surface area contributed by atoms with Crippen molar-refractivity contribution in [2.75, 3.05) is 6.54 Å². The normalized spacial score (nSPS) is 23.7. The van der Waals surface area contributed by atoms with E-state index in [9.17, 15) is 0 Å². The molecule has 0 spiro atoms. The van der Waals surface area contributed by atoms with E-state index in [0.717, 1.165) is 12.5 Å². The first-order chi connectivity index (χ1) is 7.95. The summed E-state index contributed by atoms with van der Waals surface area (Å²) in [5.41, 5.74) is 1.92. The van der Waals surface area contributed by atoms with E-state index in [4.69, 9.17) is 0 Å². The molecule has 1 aliphatic carbocycles. The predicted octanol–water partition coefficient (Wildman–Crippen LogP) is 5.36. The molecule has 1 aromatic heterocycles. The van der Waals surface area contributed by atoms with E-state index in [-0.39, 0.29) is 0 Å². The number of hydrogen-bond donors (Lipinski definition) is 1. The molecular weight excluding hydrogens is 362 g/mol. The standard InChI is InChI=1S/C13H19Br2NS/c1-4-5-16-11(9-7-13(9,2)3)8-6-10(14)17-12(8)15/h6,9,11,16H,4-5,7H2,1-3H3. The molecule has 0 saturated heterocycles. The Morgan fingerprint density at radius 2 is 2.18 bits per heavy atom. The van der Waals surface area contributed by atoms with Gasteiger partial charge in [-0.05, 0) is 74.2 Å². The summed E-state index contributed by atoms with van der Waals surface area (Å²) >= 11 is 9.04. The van der Waals surface area contributed by atoms with Crippen LogP contribution in [0.3, 0.4) is 0 Å². The first-order valence-electron chi connectivity index (χ1n) is 6.14. The topological polar surface area (TPSA) is 12.0 Å². The van der Waals surface area contributed by atoms with Crippen LogP contribution in [-0.2, 0) is 0 Å². The van der Waals surface area contributed by atoms with Gasteiger partial charge in [0.15, 0.2) is 0 Å². The van der Waals surface area contributed by atoms with E-state index in [2.05, 4.69) is 64.0 Å². The second-order valence-corrected chi connectivity index (χ2v) is 9.26. The molecule has 0 aliphatic heterocycles. The van der Waals surface area contributed by atoms with Gasteiger partial charge in [0, 0.05) is 6.04 Å². The Balaban J connectivity index is 2.18. The molecule has 2 unspecified atom stereocenters. The summed E-state index contributed by atoms with van der Waals surface area (Å²) in [6.45, 7) is 8.05. The monoisotopic (exact) mass is 379 g/mol. The molecule has 0 aromatic carbocycles. The van der Waals surface area contributed by atoms with Gasteiger partial charge in [-0.2, -0.15) is 0 Å². The Morgan fingerprint density at radius 1 is 1.53 bits per heavy atom. The van der Waals surface area contributed by atoms with Crippen LogP contribution in [0.15, 0.2) is 13.6 Å². The smallest absolute Gasteiger partial charge is 0.0758 e. The second-order valence-electron chi connectivity index (χ2n) is 5.51. The van der Waals surface area contributed by atoms with Crippen molar-refractivity contribution in [3.05, 3.63) is 19.2 Å². The van der Waals surface area contributed by atoms with E-state index in [0.29, 0.717) is 11.5 Å². The minimum atomic E-state index is 0.499. The average Bonchev–Trinajstić information content (AvgIpc) is 2.72. The fourth-order valence-corrected chi connectivity index (χ4v) is 5.34. The molecule has 96 valence electrons. The third-order valence-electron chi connectivity index (χ3n) is 3.62. The molecule has 17 heavy (non-hydrogen) atoms. The van der Waals surface area contributed by atoms with Crippen LogP contribution < -0.4 is 5.32 Å². The predicted molar refractivity (Wildman–Crippen MR) is 82.6 cm³/mol. The van der Waals surface area contributed by atoms with Gasteiger partial charge >= 0.3 is 0 Å². The Kier molecular flexibility index (Phi) is 4.39. The third kappa shape index (κ3) is 3.14. The van der Waals surface area contributed by atoms with Gasteiger partial charge in [0.25, 0.3) is 0 Å². The lowest BCUT2D eigenvalue weighted by Gasteiger charge is -2.20. The van der Waals surface area contributed by atoms with Crippen molar-refractivity contribution in [3.63, 3.8) is 0 Å². The summed E-state index contributed by atoms with van der Waals surface area (Å²) < 4.78 is 2.47. The lowest BCUT2D eigenvalue weighted by Crippen LogP contribution is -2.25. The highest BCUT2D eigenvalue weighted by Gasteiger charge is 2.50. The maximum absolute atomic E-state index is 3.71. The number of hydrogen-bond acceptors (Lipinski definition) is 2. The molecule has 1 heterocycles. The number of halogens is 2. The molecule has 0 amide bonds. The summed E-state index contributed by atoms with van der Waals surface area (Å²) in [7, 11) is 0. The molecule has 1 aliphatic rings. The molecule has 0 radical (unpaired) electrons. The molecule has 4 heteroatoms. The molecule has 1 saturated carbocycles. The van der Waals surface area contributed by atoms with Gasteiger partial charge in [0.1, 0.15) is 0 Å². The van der Waals surface area contributed by atoms with Crippen LogP contribution in [0.5, 0.6) is 0 Å². The number of rotatable bonds is 5. The molecule has 1 nitrogen and oxygen atoms in total. The van der Waals surface area contributed by atoms with E-state index < -0.39 is 0 Å². The van der Waals surface area contributed by atoms with Crippen LogP contribution in [0.4, 0.5) is 0 Å². The average molecular weight is 381 g/mol. The minimum Gasteiger partial charge on any atom is -0.310 e. The lowest BCUT2D eigenvalue weighted by atomic mass is 9.99. The molecule has 1 fully saturated rings. The van der Waals surface area contributed by atoms with E-state index in [1.807, 2.05) is 0 Å². The van der Waals surface area contributed by atoms with Crippen LogP contribution >= 0.6 is 43.2 Å². The van der Waals surface area contributed by atoms with Crippen molar-refractivity contribution in [2.45, 2.75) is 39.7 Å². The molecule has 2 rings (SSSR count). The van der Waals surface area contributed by atoms with Gasteiger partial charge in [-0.3, -0.25) is 0 Å². The second kappa shape index (κ2) is 5.32. The number of nitrogens with one attached hydrogen (secondary N) is 1. The summed E-state index contributed by atoms with van der Waals surface area (Å²) in [4.78, 5) is 0. The maximum atomic E-state index is 3.71. The van der Waals surface area contributed by atoms with Gasteiger partial charge in [-0.15, -0.1) is 11.3 Å². The maximum Gasteiger partial charge on any atom is 0.0758 e. The van der Waals surface area contributed by atoms with Gasteiger partial charge in [-0.25, -0.2) is 0 Å². The van der Waals surface area contributed by atoms with Crippen molar-refractivity contribution in [2.24, 2.45) is 11.3 Å². The summed E-state index contributed by atoms with van der Waals surface area (Å²) in [5, 5.41) is 3.71. The number of thiophene rings is 1. The quantitative estimate of drug-likeness (QED) is 0.724. The van der Waals surface area contributed by atoms with E-state index in [1.54, 1.807) is 11.3 Å². The molecule has 1 aromatic rings. The largest absolute Gasteiger partial charge is 0.310 e. The van der Waals surface area contributed by atoms with Crippen LogP contribution in [0.1, 0.15) is 45.2 Å². The zero-order valence-electron chi connectivity index (χ0n) is 10.5. The van der Waals surface area contributed by atoms with Crippen molar-refractivity contribution < 1.29 is 0 Å². The SMILES string of the molecule is CCCNC(c1cc(Br)sc1Br)C1CC1(C)C. The zero-order chi connectivity index (χ0) is 12.6. The first kappa shape index (κ1) is 14.0. The molecule has 0 bridgehead atoms. The fourth-order valence-electron chi connectivity index (χ4n) is 2.41. The Morgan fingerprint density at radius 3 is 2.59 bits per heavy atom. The molecular formula is C13H19Br2NS. The first-order valence-corrected chi connectivity index (χ1v) is 8.54.